The third-order valence-electron chi connectivity index (χ3n) is 2.99. The lowest BCUT2D eigenvalue weighted by molar-refractivity contribution is 0.204. The van der Waals surface area contributed by atoms with Gasteiger partial charge in [0.15, 0.2) is 0 Å². The van der Waals surface area contributed by atoms with Crippen LogP contribution < -0.4 is 5.73 Å². The molecule has 106 valence electrons. The molecule has 18 heavy (non-hydrogen) atoms. The third kappa shape index (κ3) is 4.55. The van der Waals surface area contributed by atoms with Gasteiger partial charge < -0.3 is 10.3 Å². The van der Waals surface area contributed by atoms with Gasteiger partial charge in [0, 0.05) is 13.1 Å². The van der Waals surface area contributed by atoms with E-state index in [1.54, 1.807) is 0 Å². The zero-order valence-corrected chi connectivity index (χ0v) is 12.9. The highest BCUT2D eigenvalue weighted by atomic mass is 35.5. The number of halogens is 1. The molecule has 0 aliphatic carbocycles. The first kappa shape index (κ1) is 17.4. The number of nitrogens with zero attached hydrogens (tertiary/aromatic N) is 4. The quantitative estimate of drug-likeness (QED) is 0.854. The Morgan fingerprint density at radius 3 is 2.44 bits per heavy atom. The second-order valence-corrected chi connectivity index (χ2v) is 5.45. The maximum absolute atomic E-state index is 5.75. The predicted molar refractivity (Wildman–Crippen MR) is 76.9 cm³/mol. The minimum absolute atomic E-state index is 0. The second kappa shape index (κ2) is 7.07. The van der Waals surface area contributed by atoms with Crippen molar-refractivity contribution in [3.05, 3.63) is 11.6 Å². The summed E-state index contributed by atoms with van der Waals surface area (Å²) in [4.78, 5) is 2.25. The molecule has 6 heteroatoms. The summed E-state index contributed by atoms with van der Waals surface area (Å²) < 4.78 is 2.14. The average Bonchev–Trinajstić information content (AvgIpc) is 2.58. The number of aryl methyl sites for hydroxylation is 1. The lowest BCUT2D eigenvalue weighted by atomic mass is 9.93. The topological polar surface area (TPSA) is 60.0 Å². The number of aromatic nitrogens is 3. The Morgan fingerprint density at radius 1 is 1.33 bits per heavy atom. The molecule has 0 radical (unpaired) electrons. The van der Waals surface area contributed by atoms with Crippen LogP contribution in [0, 0.1) is 12.3 Å². The molecule has 0 saturated heterocycles. The zero-order chi connectivity index (χ0) is 13.1. The van der Waals surface area contributed by atoms with Crippen LogP contribution in [0.4, 0.5) is 0 Å². The molecule has 0 saturated carbocycles. The van der Waals surface area contributed by atoms with Crippen molar-refractivity contribution in [3.8, 4) is 0 Å². The van der Waals surface area contributed by atoms with Gasteiger partial charge in [0.2, 0.25) is 0 Å². The largest absolute Gasteiger partial charge is 0.330 e. The summed E-state index contributed by atoms with van der Waals surface area (Å²) in [5.41, 5.74) is 5.89. The summed E-state index contributed by atoms with van der Waals surface area (Å²) in [6.45, 7) is 11.8. The van der Waals surface area contributed by atoms with E-state index in [2.05, 4.69) is 47.5 Å². The van der Waals surface area contributed by atoms with Crippen LogP contribution in [0.15, 0.2) is 0 Å². The van der Waals surface area contributed by atoms with Crippen LogP contribution in [-0.4, -0.2) is 39.8 Å². The van der Waals surface area contributed by atoms with E-state index in [0.717, 1.165) is 31.3 Å². The summed E-state index contributed by atoms with van der Waals surface area (Å²) in [6, 6.07) is 0. The van der Waals surface area contributed by atoms with Gasteiger partial charge in [-0.15, -0.1) is 22.6 Å². The standard InChI is InChI=1S/C12H25N5.ClH/c1-6-17-10(2)14-15-11(17)7-16(5)9-12(3,4)8-13;/h6-9,13H2,1-5H3;1H. The zero-order valence-electron chi connectivity index (χ0n) is 12.1. The van der Waals surface area contributed by atoms with E-state index < -0.39 is 0 Å². The fourth-order valence-electron chi connectivity index (χ4n) is 2.05. The molecular formula is C12H26ClN5. The van der Waals surface area contributed by atoms with Crippen LogP contribution in [0.2, 0.25) is 0 Å². The Morgan fingerprint density at radius 2 is 1.94 bits per heavy atom. The van der Waals surface area contributed by atoms with E-state index in [1.165, 1.54) is 0 Å². The van der Waals surface area contributed by atoms with Gasteiger partial charge in [-0.05, 0) is 32.9 Å². The van der Waals surface area contributed by atoms with Crippen molar-refractivity contribution in [2.75, 3.05) is 20.1 Å². The molecule has 0 fully saturated rings. The molecule has 0 spiro atoms. The van der Waals surface area contributed by atoms with Gasteiger partial charge in [0.1, 0.15) is 11.6 Å². The first-order valence-corrected chi connectivity index (χ1v) is 6.17. The molecule has 0 bridgehead atoms. The molecule has 0 atom stereocenters. The van der Waals surface area contributed by atoms with E-state index >= 15 is 0 Å². The molecule has 1 heterocycles. The van der Waals surface area contributed by atoms with Crippen LogP contribution in [0.3, 0.4) is 0 Å². The SMILES string of the molecule is CCn1c(C)nnc1CN(C)CC(C)(C)CN.Cl. The van der Waals surface area contributed by atoms with E-state index in [9.17, 15) is 0 Å². The summed E-state index contributed by atoms with van der Waals surface area (Å²) in [5.74, 6) is 2.01. The fourth-order valence-corrected chi connectivity index (χ4v) is 2.05. The van der Waals surface area contributed by atoms with Gasteiger partial charge in [-0.1, -0.05) is 13.8 Å². The summed E-state index contributed by atoms with van der Waals surface area (Å²) >= 11 is 0. The predicted octanol–water partition coefficient (Wildman–Crippen LogP) is 1.44. The minimum atomic E-state index is 0. The van der Waals surface area contributed by atoms with E-state index in [-0.39, 0.29) is 17.8 Å². The minimum Gasteiger partial charge on any atom is -0.330 e. The van der Waals surface area contributed by atoms with Crippen molar-refractivity contribution in [3.63, 3.8) is 0 Å². The molecule has 0 aliphatic heterocycles. The number of rotatable bonds is 6. The van der Waals surface area contributed by atoms with Crippen molar-refractivity contribution in [1.29, 1.82) is 0 Å². The summed E-state index contributed by atoms with van der Waals surface area (Å²) in [7, 11) is 2.10. The molecule has 2 N–H and O–H groups in total. The summed E-state index contributed by atoms with van der Waals surface area (Å²) in [5, 5.41) is 8.34. The second-order valence-electron chi connectivity index (χ2n) is 5.45. The van der Waals surface area contributed by atoms with Crippen molar-refractivity contribution < 1.29 is 0 Å². The van der Waals surface area contributed by atoms with Crippen molar-refractivity contribution in [2.45, 2.75) is 40.8 Å². The number of hydrogen-bond donors (Lipinski definition) is 1. The van der Waals surface area contributed by atoms with Crippen molar-refractivity contribution >= 4 is 12.4 Å². The highest BCUT2D eigenvalue weighted by Gasteiger charge is 2.19. The highest BCUT2D eigenvalue weighted by Crippen LogP contribution is 2.15. The molecule has 0 aliphatic rings. The van der Waals surface area contributed by atoms with Crippen molar-refractivity contribution in [1.82, 2.24) is 19.7 Å². The molecule has 0 unspecified atom stereocenters. The van der Waals surface area contributed by atoms with Crippen LogP contribution in [0.1, 0.15) is 32.4 Å². The monoisotopic (exact) mass is 275 g/mol. The van der Waals surface area contributed by atoms with E-state index in [4.69, 9.17) is 5.73 Å². The van der Waals surface area contributed by atoms with Crippen LogP contribution >= 0.6 is 12.4 Å². The van der Waals surface area contributed by atoms with Crippen LogP contribution in [0.25, 0.3) is 0 Å². The molecule has 0 aromatic carbocycles. The van der Waals surface area contributed by atoms with Crippen LogP contribution in [-0.2, 0) is 13.1 Å². The van der Waals surface area contributed by atoms with Gasteiger partial charge in [0.05, 0.1) is 6.54 Å². The highest BCUT2D eigenvalue weighted by molar-refractivity contribution is 5.85. The lowest BCUT2D eigenvalue weighted by Crippen LogP contribution is -2.36. The first-order valence-electron chi connectivity index (χ1n) is 6.17. The Balaban J connectivity index is 0.00000289. The van der Waals surface area contributed by atoms with Crippen LogP contribution in [0.5, 0.6) is 0 Å². The van der Waals surface area contributed by atoms with Crippen molar-refractivity contribution in [2.24, 2.45) is 11.1 Å². The maximum atomic E-state index is 5.75. The van der Waals surface area contributed by atoms with Gasteiger partial charge in [-0.25, -0.2) is 0 Å². The molecule has 0 amide bonds. The number of hydrogen-bond acceptors (Lipinski definition) is 4. The fraction of sp³-hybridized carbons (Fsp3) is 0.833. The smallest absolute Gasteiger partial charge is 0.147 e. The molecular weight excluding hydrogens is 250 g/mol. The number of nitrogens with two attached hydrogens (primary N) is 1. The van der Waals surface area contributed by atoms with E-state index in [0.29, 0.717) is 6.54 Å². The normalized spacial score (nSPS) is 11.7. The van der Waals surface area contributed by atoms with E-state index in [1.807, 2.05) is 6.92 Å². The Labute approximate surface area is 116 Å². The third-order valence-corrected chi connectivity index (χ3v) is 2.99. The summed E-state index contributed by atoms with van der Waals surface area (Å²) in [6.07, 6.45) is 0. The first-order chi connectivity index (χ1) is 7.89. The lowest BCUT2D eigenvalue weighted by Gasteiger charge is -2.28. The molecule has 1 rings (SSSR count). The molecule has 1 aromatic rings. The van der Waals surface area contributed by atoms with Gasteiger partial charge in [-0.3, -0.25) is 4.90 Å². The van der Waals surface area contributed by atoms with Gasteiger partial charge >= 0.3 is 0 Å². The maximum Gasteiger partial charge on any atom is 0.147 e. The molecule has 5 nitrogen and oxygen atoms in total. The Bertz CT molecular complexity index is 361. The Hall–Kier alpha value is -0.650. The Kier molecular flexibility index (Phi) is 6.81. The van der Waals surface area contributed by atoms with Gasteiger partial charge in [0.25, 0.3) is 0 Å². The average molecular weight is 276 g/mol. The van der Waals surface area contributed by atoms with Gasteiger partial charge in [-0.2, -0.15) is 0 Å². The molecule has 1 aromatic heterocycles.